The summed E-state index contributed by atoms with van der Waals surface area (Å²) in [6.45, 7) is 18.4. The van der Waals surface area contributed by atoms with Gasteiger partial charge in [-0.2, -0.15) is 0 Å². The molecule has 8 fully saturated rings. The Kier molecular flexibility index (Phi) is 47.7. The van der Waals surface area contributed by atoms with Crippen molar-refractivity contribution in [1.82, 2.24) is 0 Å². The third kappa shape index (κ3) is 32.1. The van der Waals surface area contributed by atoms with E-state index >= 15 is 0 Å². The van der Waals surface area contributed by atoms with Gasteiger partial charge in [0.05, 0.1) is 112 Å². The summed E-state index contributed by atoms with van der Waals surface area (Å²) in [5, 5.41) is 10.9. The van der Waals surface area contributed by atoms with E-state index in [4.69, 9.17) is 82.2 Å². The summed E-state index contributed by atoms with van der Waals surface area (Å²) >= 11 is 9.55. The van der Waals surface area contributed by atoms with Gasteiger partial charge in [-0.15, -0.1) is 0 Å². The molecule has 0 radical (unpaired) electrons. The Labute approximate surface area is 725 Å². The maximum absolute atomic E-state index is 13.2. The average Bonchev–Trinajstić information content (AvgIpc) is 1.73. The van der Waals surface area contributed by atoms with E-state index < -0.39 is 29.9 Å². The van der Waals surface area contributed by atoms with Crippen LogP contribution >= 0.6 is 0 Å². The Morgan fingerprint density at radius 1 is 0.468 bits per heavy atom. The van der Waals surface area contributed by atoms with Crippen molar-refractivity contribution >= 4 is 239 Å². The molecule has 0 bridgehead atoms. The molecular weight excluding hydrogens is 1870 g/mol. The van der Waals surface area contributed by atoms with Gasteiger partial charge in [-0.1, -0.05) is 163 Å². The van der Waals surface area contributed by atoms with E-state index in [0.29, 0.717) is 44.1 Å². The van der Waals surface area contributed by atoms with Gasteiger partial charge in [-0.25, -0.2) is 0 Å². The number of carbonyl (C=O) groups excluding carboxylic acids is 2. The lowest BCUT2D eigenvalue weighted by Gasteiger charge is -2.55. The van der Waals surface area contributed by atoms with Gasteiger partial charge in [0, 0.05) is 281 Å². The molecule has 8 heterocycles. The molecule has 11 rings (SSSR count). The van der Waals surface area contributed by atoms with Gasteiger partial charge in [0.1, 0.15) is 19.0 Å². The number of benzene rings is 3. The van der Waals surface area contributed by atoms with Crippen molar-refractivity contribution < 1.29 is 74.5 Å². The van der Waals surface area contributed by atoms with Crippen molar-refractivity contribution in [2.45, 2.75) is 272 Å². The number of rotatable bonds is 16. The fourth-order valence-corrected chi connectivity index (χ4v) is 72.3. The van der Waals surface area contributed by atoms with Crippen LogP contribution in [0.25, 0.3) is 0 Å². The van der Waals surface area contributed by atoms with Crippen molar-refractivity contribution in [2.75, 3.05) is 7.11 Å². The van der Waals surface area contributed by atoms with Crippen molar-refractivity contribution in [2.24, 2.45) is 35.5 Å². The van der Waals surface area contributed by atoms with Crippen molar-refractivity contribution in [3.8, 4) is 5.75 Å². The zero-order valence-corrected chi connectivity index (χ0v) is 80.0. The number of hydrogen-bond donors (Lipinski definition) is 1. The Hall–Kier alpha value is 1.50. The van der Waals surface area contributed by atoms with Gasteiger partial charge < -0.3 is 61.9 Å². The van der Waals surface area contributed by atoms with Crippen LogP contribution in [-0.4, -0.2) is 121 Å². The first-order valence-corrected chi connectivity index (χ1v) is 66.7. The zero-order valence-electron chi connectivity index (χ0n) is 61.6. The molecule has 15 nitrogen and oxygen atoms in total. The number of fused-ring (bicyclic) bond motifs is 4. The molecule has 109 heavy (non-hydrogen) atoms. The molecule has 3 aromatic carbocycles. The number of methoxy groups -OCH3 is 1. The Bertz CT molecular complexity index is 4430. The van der Waals surface area contributed by atoms with Crippen LogP contribution in [0.3, 0.4) is 0 Å². The predicted octanol–water partition coefficient (Wildman–Crippen LogP) is 13.1. The van der Waals surface area contributed by atoms with Crippen LogP contribution in [0.4, 0.5) is 0 Å². The molecule has 8 aliphatic rings. The van der Waals surface area contributed by atoms with Gasteiger partial charge in [0.2, 0.25) is 0 Å². The minimum absolute atomic E-state index is 0. The summed E-state index contributed by atoms with van der Waals surface area (Å²) in [7, 11) is 41.6. The lowest BCUT2D eigenvalue weighted by Crippen LogP contribution is -2.63. The molecule has 8 aliphatic heterocycles. The highest BCUT2D eigenvalue weighted by Gasteiger charge is 2.59. The summed E-state index contributed by atoms with van der Waals surface area (Å²) < 4.78 is 86.1. The minimum Gasteiger partial charge on any atom is -0.497 e. The second-order valence-electron chi connectivity index (χ2n) is 27.0. The number of aliphatic hydroxyl groups is 1. The normalized spacial score (nSPS) is 31.1. The van der Waals surface area contributed by atoms with Crippen LogP contribution in [0.5, 0.6) is 5.75 Å². The van der Waals surface area contributed by atoms with E-state index in [9.17, 15) is 14.7 Å². The first-order chi connectivity index (χ1) is 52.4. The van der Waals surface area contributed by atoms with E-state index in [1.165, 1.54) is 17.8 Å². The Balaban J connectivity index is 0.000000303. The molecule has 22 atom stereocenters. The predicted molar refractivity (Wildman–Crippen MR) is 508 cm³/mol. The zero-order chi connectivity index (χ0) is 77.3. The van der Waals surface area contributed by atoms with Crippen LogP contribution in [0.1, 0.15) is 174 Å². The van der Waals surface area contributed by atoms with Gasteiger partial charge in [0.25, 0.3) is 0 Å². The number of ether oxygens (including phenoxy) is 12. The van der Waals surface area contributed by atoms with Gasteiger partial charge >= 0.3 is 11.9 Å². The SMILES string of the molecule is C.C.C.CC[C@H](C)[C@@H]1C[C@H]2O[C@@H]3[C@H](C[C@H]2O1)O[C@]1(C[C@H](C)[C@H](O)[C@H](CC(=O)OCc2ccccc2)O1)C[C@@H]3C.CC[C@H](C)[C@@H]1C[C@H]2O[C@@H]3[C@H](C[C@H]2O1)O[C@]1(C[C@H](C)[C@H](OCc2ccc(OC)cc2)[C@H](CC(=O)OCc2ccccc2)O1)C[C@@H]3C.S=S=S=S=S=S=S=S=S=S=S=S=S=S=S=S=S=S=S=S=S=S=S=S=S.[2H][2H]. The fraction of sp³-hybridized carbons (Fsp3) is 0.710. The lowest BCUT2D eigenvalue weighted by molar-refractivity contribution is -0.376. The molecule has 40 heteroatoms. The molecule has 3 aromatic rings. The number of hydrogen-bond acceptors (Lipinski definition) is 17. The van der Waals surface area contributed by atoms with Crippen molar-refractivity contribution in [3.63, 3.8) is 0 Å². The standard InChI is InChI=1S/C37H50O8.C29H42O7.3CH4.S25.H2/c1-6-23(2)29-16-31-30(42-29)17-32-36(43-31)25(4)20-37(44-32)19-24(3)35(41-22-27-12-14-28(39-5)15-13-27)33(45-37)18-34(38)40-21-26-10-8-7-9-11-26;1-5-17(2)21-11-23-22(33-21)12-25-28(34-23)19(4)15-29(36-25)14-18(3)27(31)24(35-29)13-26(30)32-16-20-9-7-6-8-10-20;;;;1-3-5-7-9-11-13-15-17-19-21-23-25-24-22-20-18-16-14-12-10-8-6-4-2;/h7-15,23-25,29-33,35-36H,6,16-22H2,1-5H3;6-10,17-19,21-25,27-28,31H,5,11-16H2,1-4H3;3*1H4;;1H/t23-,24-,25-,29-,30+,31+,32-,33-,35-,36-,37-;17-,18-,19-,21-,22+,23+,24-,25-,27-,28-,29+;;;;;/m00...../s1/i;;;;;;1+1D. The molecule has 0 saturated carbocycles. The van der Waals surface area contributed by atoms with Crippen LogP contribution < -0.4 is 4.74 Å². The van der Waals surface area contributed by atoms with E-state index in [1.807, 2.05) is 154 Å². The van der Waals surface area contributed by atoms with E-state index in [-0.39, 0.29) is 151 Å². The van der Waals surface area contributed by atoms with Crippen molar-refractivity contribution in [3.05, 3.63) is 102 Å². The number of esters is 2. The third-order valence-electron chi connectivity index (χ3n) is 19.8. The maximum atomic E-state index is 13.2. The first kappa shape index (κ1) is 97.6. The summed E-state index contributed by atoms with van der Waals surface area (Å²) in [5.41, 5.74) is 2.90. The van der Waals surface area contributed by atoms with Crippen LogP contribution in [-0.2, 0) is 308 Å². The summed E-state index contributed by atoms with van der Waals surface area (Å²) in [5.74, 6) is -0.0473. The minimum atomic E-state index is -0.839. The van der Waals surface area contributed by atoms with E-state index in [1.54, 1.807) is 131 Å². The molecule has 1 N–H and O–H groups in total. The maximum Gasteiger partial charge on any atom is 0.308 e. The van der Waals surface area contributed by atoms with Crippen LogP contribution in [0, 0.1) is 35.5 Å². The summed E-state index contributed by atoms with van der Waals surface area (Å²) in [6, 6.07) is 27.2. The van der Waals surface area contributed by atoms with Gasteiger partial charge in [0.15, 0.2) is 11.6 Å². The first-order valence-electron chi connectivity index (χ1n) is 35.7. The largest absolute Gasteiger partial charge is 0.497 e. The molecule has 8 saturated heterocycles. The monoisotopic (exact) mass is 1980 g/mol. The fourth-order valence-electron chi connectivity index (χ4n) is 14.7. The van der Waals surface area contributed by atoms with E-state index in [0.717, 1.165) is 61.0 Å². The highest BCUT2D eigenvalue weighted by molar-refractivity contribution is 8.79. The molecule has 0 aliphatic carbocycles. The molecule has 2 spiro atoms. The molecule has 0 unspecified atom stereocenters. The molecule has 0 aromatic heterocycles. The molecule has 0 amide bonds. The molecule has 622 valence electrons. The van der Waals surface area contributed by atoms with Crippen LogP contribution in [0.15, 0.2) is 84.9 Å². The quantitative estimate of drug-likeness (QED) is 0.135. The third-order valence-corrected chi connectivity index (χ3v) is 68.7. The second-order valence-corrected chi connectivity index (χ2v) is 67.7. The Morgan fingerprint density at radius 3 is 1.20 bits per heavy atom. The lowest BCUT2D eigenvalue weighted by atomic mass is 9.78. The topological polar surface area (TPSA) is 165 Å². The number of aliphatic hydroxyl groups excluding tert-OH is 1. The van der Waals surface area contributed by atoms with E-state index in [2.05, 4.69) is 48.5 Å². The highest BCUT2D eigenvalue weighted by atomic mass is 33.5. The average molecular weight is 1980 g/mol. The molecular formula is C69H106O15S25. The van der Waals surface area contributed by atoms with Gasteiger partial charge in [-0.05, 0) is 64.3 Å². The van der Waals surface area contributed by atoms with Crippen molar-refractivity contribution in [1.29, 1.82) is 0 Å². The second kappa shape index (κ2) is 53.3. The smallest absolute Gasteiger partial charge is 0.308 e. The summed E-state index contributed by atoms with van der Waals surface area (Å²) in [6.07, 6.45) is 6.72. The highest BCUT2D eigenvalue weighted by Crippen LogP contribution is 2.52. The summed E-state index contributed by atoms with van der Waals surface area (Å²) in [4.78, 5) is 25.9. The Morgan fingerprint density at radius 2 is 0.817 bits per heavy atom. The van der Waals surface area contributed by atoms with Crippen LogP contribution in [0.2, 0.25) is 0 Å². The number of carbonyl (C=O) groups is 2. The van der Waals surface area contributed by atoms with Gasteiger partial charge in [-0.3, -0.25) is 9.59 Å².